The minimum Gasteiger partial charge on any atom is -0.467 e. The summed E-state index contributed by atoms with van der Waals surface area (Å²) >= 11 is 0. The van der Waals surface area contributed by atoms with E-state index in [-0.39, 0.29) is 11.7 Å². The molecule has 6 heteroatoms. The highest BCUT2D eigenvalue weighted by atomic mass is 16.6. The number of non-ortho nitro benzene ring substituents is 1. The number of nitro benzene ring substituents is 1. The maximum absolute atomic E-state index is 10.7. The van der Waals surface area contributed by atoms with Crippen molar-refractivity contribution >= 4 is 5.69 Å². The monoisotopic (exact) mass is 231 g/mol. The van der Waals surface area contributed by atoms with Crippen molar-refractivity contribution in [2.75, 3.05) is 7.11 Å². The summed E-state index contributed by atoms with van der Waals surface area (Å²) in [4.78, 5) is 18.2. The normalized spacial score (nSPS) is 9.94. The fourth-order valence-electron chi connectivity index (χ4n) is 1.38. The molecule has 0 amide bonds. The lowest BCUT2D eigenvalue weighted by molar-refractivity contribution is -0.384. The zero-order valence-electron chi connectivity index (χ0n) is 9.03. The lowest BCUT2D eigenvalue weighted by atomic mass is 10.1. The Labute approximate surface area is 97.1 Å². The number of ether oxygens (including phenoxy) is 1. The standard InChI is InChI=1S/C11H9N3O3/c1-17-11-12-6-5-10(13-11)8-3-2-4-9(7-8)14(15)16/h2-7H,1H3. The molecule has 0 atom stereocenters. The topological polar surface area (TPSA) is 78.2 Å². The van der Waals surface area contributed by atoms with E-state index in [0.717, 1.165) is 0 Å². The Balaban J connectivity index is 2.45. The van der Waals surface area contributed by atoms with E-state index in [4.69, 9.17) is 4.74 Å². The Kier molecular flexibility index (Phi) is 2.95. The van der Waals surface area contributed by atoms with Crippen LogP contribution >= 0.6 is 0 Å². The van der Waals surface area contributed by atoms with Crippen LogP contribution in [0.3, 0.4) is 0 Å². The number of benzene rings is 1. The summed E-state index contributed by atoms with van der Waals surface area (Å²) in [6.45, 7) is 0. The highest BCUT2D eigenvalue weighted by Crippen LogP contribution is 2.22. The van der Waals surface area contributed by atoms with Crippen molar-refractivity contribution in [1.82, 2.24) is 9.97 Å². The van der Waals surface area contributed by atoms with Gasteiger partial charge in [-0.3, -0.25) is 10.1 Å². The van der Waals surface area contributed by atoms with Crippen LogP contribution in [0.15, 0.2) is 36.5 Å². The van der Waals surface area contributed by atoms with Gasteiger partial charge in [-0.2, -0.15) is 4.98 Å². The molecule has 0 unspecified atom stereocenters. The third-order valence-corrected chi connectivity index (χ3v) is 2.17. The molecule has 1 aromatic carbocycles. The van der Waals surface area contributed by atoms with Crippen molar-refractivity contribution in [3.05, 3.63) is 46.6 Å². The van der Waals surface area contributed by atoms with Crippen LogP contribution in [0.5, 0.6) is 6.01 Å². The minimum atomic E-state index is -0.443. The maximum Gasteiger partial charge on any atom is 0.316 e. The lowest BCUT2D eigenvalue weighted by Crippen LogP contribution is -1.93. The molecule has 1 heterocycles. The van der Waals surface area contributed by atoms with Crippen molar-refractivity contribution in [3.8, 4) is 17.3 Å². The van der Waals surface area contributed by atoms with Crippen molar-refractivity contribution in [2.45, 2.75) is 0 Å². The number of hydrogen-bond acceptors (Lipinski definition) is 5. The Morgan fingerprint density at radius 1 is 1.35 bits per heavy atom. The molecule has 2 rings (SSSR count). The van der Waals surface area contributed by atoms with Crippen LogP contribution in [0.1, 0.15) is 0 Å². The molecule has 0 aliphatic carbocycles. The van der Waals surface area contributed by atoms with Gasteiger partial charge in [0.25, 0.3) is 5.69 Å². The summed E-state index contributed by atoms with van der Waals surface area (Å²) in [7, 11) is 1.46. The van der Waals surface area contributed by atoms with E-state index in [2.05, 4.69) is 9.97 Å². The summed E-state index contributed by atoms with van der Waals surface area (Å²) in [6.07, 6.45) is 1.54. The quantitative estimate of drug-likeness (QED) is 0.596. The van der Waals surface area contributed by atoms with E-state index in [1.165, 1.54) is 19.2 Å². The van der Waals surface area contributed by atoms with E-state index in [1.54, 1.807) is 24.4 Å². The summed E-state index contributed by atoms with van der Waals surface area (Å²) in [5, 5.41) is 10.7. The van der Waals surface area contributed by atoms with E-state index >= 15 is 0 Å². The second-order valence-corrected chi connectivity index (χ2v) is 3.24. The molecule has 1 aromatic heterocycles. The first-order valence-corrected chi connectivity index (χ1v) is 4.82. The molecule has 17 heavy (non-hydrogen) atoms. The van der Waals surface area contributed by atoms with Gasteiger partial charge in [0.05, 0.1) is 17.7 Å². The SMILES string of the molecule is COc1nccc(-c2cccc([N+](=O)[O-])c2)n1. The van der Waals surface area contributed by atoms with Crippen LogP contribution in [-0.2, 0) is 0 Å². The van der Waals surface area contributed by atoms with Gasteiger partial charge in [0.15, 0.2) is 0 Å². The molecule has 0 N–H and O–H groups in total. The molecule has 0 saturated carbocycles. The third-order valence-electron chi connectivity index (χ3n) is 2.17. The van der Waals surface area contributed by atoms with Crippen molar-refractivity contribution in [1.29, 1.82) is 0 Å². The molecule has 0 aliphatic rings. The Morgan fingerprint density at radius 3 is 2.88 bits per heavy atom. The molecular formula is C11H9N3O3. The zero-order valence-corrected chi connectivity index (χ0v) is 9.03. The average Bonchev–Trinajstić information content (AvgIpc) is 2.39. The minimum absolute atomic E-state index is 0.0279. The lowest BCUT2D eigenvalue weighted by Gasteiger charge is -2.02. The summed E-state index contributed by atoms with van der Waals surface area (Å²) in [5.74, 6) is 0. The van der Waals surface area contributed by atoms with E-state index in [0.29, 0.717) is 11.3 Å². The van der Waals surface area contributed by atoms with Crippen LogP contribution in [0, 0.1) is 10.1 Å². The number of hydrogen-bond donors (Lipinski definition) is 0. The van der Waals surface area contributed by atoms with Gasteiger partial charge >= 0.3 is 6.01 Å². The second-order valence-electron chi connectivity index (χ2n) is 3.24. The van der Waals surface area contributed by atoms with Gasteiger partial charge in [0.2, 0.25) is 0 Å². The fourth-order valence-corrected chi connectivity index (χ4v) is 1.38. The third kappa shape index (κ3) is 2.36. The molecule has 0 bridgehead atoms. The van der Waals surface area contributed by atoms with Crippen molar-refractivity contribution < 1.29 is 9.66 Å². The van der Waals surface area contributed by atoms with Crippen LogP contribution in [0.2, 0.25) is 0 Å². The summed E-state index contributed by atoms with van der Waals surface area (Å²) in [5.41, 5.74) is 1.26. The van der Waals surface area contributed by atoms with Crippen LogP contribution in [0.25, 0.3) is 11.3 Å². The largest absolute Gasteiger partial charge is 0.467 e. The fraction of sp³-hybridized carbons (Fsp3) is 0.0909. The molecule has 0 aliphatic heterocycles. The summed E-state index contributed by atoms with van der Waals surface area (Å²) in [6, 6.07) is 8.15. The van der Waals surface area contributed by atoms with Crippen molar-refractivity contribution in [3.63, 3.8) is 0 Å². The Hall–Kier alpha value is -2.50. The zero-order chi connectivity index (χ0) is 12.3. The number of nitro groups is 1. The summed E-state index contributed by atoms with van der Waals surface area (Å²) < 4.78 is 4.90. The molecule has 2 aromatic rings. The van der Waals surface area contributed by atoms with Crippen molar-refractivity contribution in [2.24, 2.45) is 0 Å². The average molecular weight is 231 g/mol. The molecule has 0 radical (unpaired) electrons. The predicted octanol–water partition coefficient (Wildman–Crippen LogP) is 2.06. The molecule has 0 saturated heterocycles. The first-order chi connectivity index (χ1) is 8.20. The number of nitrogens with zero attached hydrogens (tertiary/aromatic N) is 3. The van der Waals surface area contributed by atoms with Crippen LogP contribution in [-0.4, -0.2) is 22.0 Å². The molecule has 6 nitrogen and oxygen atoms in total. The van der Waals surface area contributed by atoms with Gasteiger partial charge < -0.3 is 4.74 Å². The first kappa shape index (κ1) is 11.0. The Morgan fingerprint density at radius 2 is 2.18 bits per heavy atom. The van der Waals surface area contributed by atoms with Gasteiger partial charge in [-0.1, -0.05) is 12.1 Å². The molecule has 0 spiro atoms. The highest BCUT2D eigenvalue weighted by molar-refractivity contribution is 5.62. The van der Waals surface area contributed by atoms with Gasteiger partial charge in [-0.25, -0.2) is 4.98 Å². The highest BCUT2D eigenvalue weighted by Gasteiger charge is 2.08. The number of rotatable bonds is 3. The van der Waals surface area contributed by atoms with Gasteiger partial charge in [0.1, 0.15) is 0 Å². The van der Waals surface area contributed by atoms with E-state index in [9.17, 15) is 10.1 Å². The number of aromatic nitrogens is 2. The van der Waals surface area contributed by atoms with Gasteiger partial charge in [0, 0.05) is 23.9 Å². The smallest absolute Gasteiger partial charge is 0.316 e. The van der Waals surface area contributed by atoms with Gasteiger partial charge in [-0.05, 0) is 6.07 Å². The molecule has 86 valence electrons. The second kappa shape index (κ2) is 4.56. The van der Waals surface area contributed by atoms with Crippen LogP contribution in [0.4, 0.5) is 5.69 Å². The number of methoxy groups -OCH3 is 1. The maximum atomic E-state index is 10.7. The molecular weight excluding hydrogens is 222 g/mol. The first-order valence-electron chi connectivity index (χ1n) is 4.82. The van der Waals surface area contributed by atoms with Gasteiger partial charge in [-0.15, -0.1) is 0 Å². The predicted molar refractivity (Wildman–Crippen MR) is 60.7 cm³/mol. The molecule has 0 fully saturated rings. The van der Waals surface area contributed by atoms with E-state index in [1.807, 2.05) is 0 Å². The van der Waals surface area contributed by atoms with E-state index < -0.39 is 4.92 Å². The van der Waals surface area contributed by atoms with Crippen LogP contribution < -0.4 is 4.74 Å². The Bertz CT molecular complexity index is 557.